The first-order chi connectivity index (χ1) is 11.1. The zero-order valence-corrected chi connectivity index (χ0v) is 11.9. The molecule has 23 heavy (non-hydrogen) atoms. The fraction of sp³-hybridized carbons (Fsp3) is 0. The normalized spacial score (nSPS) is 11.0. The third-order valence-corrected chi connectivity index (χ3v) is 2.92. The molecule has 2 aromatic carbocycles. The van der Waals surface area contributed by atoms with Crippen molar-refractivity contribution in [2.45, 2.75) is 0 Å². The Morgan fingerprint density at radius 1 is 0.739 bits per heavy atom. The molecule has 0 aliphatic carbocycles. The maximum absolute atomic E-state index is 10.8. The smallest absolute Gasteiger partial charge is 0.276 e. The van der Waals surface area contributed by atoms with Crippen molar-refractivity contribution in [2.75, 3.05) is 0 Å². The van der Waals surface area contributed by atoms with E-state index in [0.29, 0.717) is 11.1 Å². The van der Waals surface area contributed by atoms with E-state index in [1.165, 1.54) is 36.8 Å². The Kier molecular flexibility index (Phi) is 5.19. The molecule has 7 nitrogen and oxygen atoms in total. The molecule has 0 saturated carbocycles. The van der Waals surface area contributed by atoms with E-state index in [0.717, 1.165) is 0 Å². The van der Waals surface area contributed by atoms with Gasteiger partial charge in [-0.25, -0.2) is 0 Å². The summed E-state index contributed by atoms with van der Waals surface area (Å²) in [5.41, 5.74) is 0.734. The summed E-state index contributed by atoms with van der Waals surface area (Å²) in [6.45, 7) is 0. The van der Waals surface area contributed by atoms with Gasteiger partial charge in [0.05, 0.1) is 33.5 Å². The van der Waals surface area contributed by atoms with Gasteiger partial charge in [-0.05, 0) is 24.3 Å². The summed E-state index contributed by atoms with van der Waals surface area (Å²) < 4.78 is 5.10. The molecule has 0 aliphatic heterocycles. The predicted molar refractivity (Wildman–Crippen MR) is 85.3 cm³/mol. The first-order valence-corrected chi connectivity index (χ1v) is 6.55. The molecular weight excluding hydrogens is 300 g/mol. The van der Waals surface area contributed by atoms with Crippen molar-refractivity contribution in [1.82, 2.24) is 0 Å². The number of ether oxygens (including phenoxy) is 1. The minimum Gasteiger partial charge on any atom is -0.473 e. The average molecular weight is 312 g/mol. The minimum absolute atomic E-state index is 0.0324. The maximum atomic E-state index is 10.8. The lowest BCUT2D eigenvalue weighted by Crippen LogP contribution is -1.90. The molecule has 0 unspecified atom stereocenters. The summed E-state index contributed by atoms with van der Waals surface area (Å²) >= 11 is 0. The van der Waals surface area contributed by atoms with Gasteiger partial charge in [-0.15, -0.1) is 0 Å². The third kappa shape index (κ3) is 4.24. The van der Waals surface area contributed by atoms with Crippen LogP contribution in [0.4, 0.5) is 11.4 Å². The van der Waals surface area contributed by atoms with Crippen molar-refractivity contribution in [3.63, 3.8) is 0 Å². The van der Waals surface area contributed by atoms with Gasteiger partial charge >= 0.3 is 0 Å². The third-order valence-electron chi connectivity index (χ3n) is 2.92. The van der Waals surface area contributed by atoms with E-state index in [9.17, 15) is 20.2 Å². The summed E-state index contributed by atoms with van der Waals surface area (Å²) in [6.07, 6.45) is 5.44. The minimum atomic E-state index is -0.483. The zero-order chi connectivity index (χ0) is 16.7. The van der Waals surface area contributed by atoms with Crippen LogP contribution >= 0.6 is 0 Å². The SMILES string of the molecule is O=[N+]([O-])c1ccccc1C=COC=Cc1ccccc1[N+](=O)[O-]. The molecule has 7 heteroatoms. The number of nitrogens with zero attached hydrogens (tertiary/aromatic N) is 2. The number of hydrogen-bond acceptors (Lipinski definition) is 5. The standard InChI is InChI=1S/C16H12N2O5/c19-17(20)15-7-3-1-5-13(15)9-11-23-12-10-14-6-2-4-8-16(14)18(21)22/h1-12H. The first-order valence-electron chi connectivity index (χ1n) is 6.55. The van der Waals surface area contributed by atoms with E-state index < -0.39 is 9.85 Å². The van der Waals surface area contributed by atoms with Crippen LogP contribution in [0.3, 0.4) is 0 Å². The van der Waals surface area contributed by atoms with E-state index in [-0.39, 0.29) is 11.4 Å². The van der Waals surface area contributed by atoms with E-state index in [4.69, 9.17) is 4.74 Å². The second-order valence-corrected chi connectivity index (χ2v) is 4.37. The molecule has 2 aromatic rings. The first kappa shape index (κ1) is 15.9. The summed E-state index contributed by atoms with van der Waals surface area (Å²) in [7, 11) is 0. The Balaban J connectivity index is 2.06. The monoisotopic (exact) mass is 312 g/mol. The van der Waals surface area contributed by atoms with Crippen molar-refractivity contribution in [3.8, 4) is 0 Å². The molecule has 0 bridgehead atoms. The van der Waals surface area contributed by atoms with Crippen molar-refractivity contribution >= 4 is 23.5 Å². The van der Waals surface area contributed by atoms with E-state index >= 15 is 0 Å². The Bertz CT molecular complexity index is 718. The van der Waals surface area contributed by atoms with Gasteiger partial charge in [0.15, 0.2) is 0 Å². The lowest BCUT2D eigenvalue weighted by Gasteiger charge is -1.97. The van der Waals surface area contributed by atoms with Crippen molar-refractivity contribution in [1.29, 1.82) is 0 Å². The number of hydrogen-bond donors (Lipinski definition) is 0. The quantitative estimate of drug-likeness (QED) is 0.453. The molecule has 0 aliphatic rings. The van der Waals surface area contributed by atoms with Crippen LogP contribution in [0.5, 0.6) is 0 Å². The number of benzene rings is 2. The van der Waals surface area contributed by atoms with Gasteiger partial charge in [-0.2, -0.15) is 0 Å². The highest BCUT2D eigenvalue weighted by Crippen LogP contribution is 2.20. The fourth-order valence-electron chi connectivity index (χ4n) is 1.86. The average Bonchev–Trinajstić information content (AvgIpc) is 2.55. The Hall–Kier alpha value is -3.48. The number of para-hydroxylation sites is 2. The topological polar surface area (TPSA) is 95.5 Å². The van der Waals surface area contributed by atoms with Gasteiger partial charge in [-0.1, -0.05) is 24.3 Å². The summed E-state index contributed by atoms with van der Waals surface area (Å²) in [5.74, 6) is 0. The molecule has 0 amide bonds. The highest BCUT2D eigenvalue weighted by Gasteiger charge is 2.10. The van der Waals surface area contributed by atoms with Crippen LogP contribution in [0.25, 0.3) is 12.2 Å². The second kappa shape index (κ2) is 7.51. The van der Waals surface area contributed by atoms with Crippen LogP contribution in [0.1, 0.15) is 11.1 Å². The van der Waals surface area contributed by atoms with Crippen LogP contribution < -0.4 is 0 Å². The molecule has 116 valence electrons. The van der Waals surface area contributed by atoms with Crippen LogP contribution in [0.15, 0.2) is 61.1 Å². The Labute approximate surface area is 131 Å². The van der Waals surface area contributed by atoms with E-state index in [2.05, 4.69) is 0 Å². The molecular formula is C16H12N2O5. The molecule has 0 heterocycles. The summed E-state index contributed by atoms with van der Waals surface area (Å²) in [6, 6.07) is 12.5. The molecule has 0 radical (unpaired) electrons. The van der Waals surface area contributed by atoms with Crippen molar-refractivity contribution < 1.29 is 14.6 Å². The molecule has 0 atom stereocenters. The van der Waals surface area contributed by atoms with Gasteiger partial charge in [-0.3, -0.25) is 20.2 Å². The Morgan fingerprint density at radius 2 is 1.13 bits per heavy atom. The molecule has 0 fully saturated rings. The maximum Gasteiger partial charge on any atom is 0.276 e. The molecule has 0 saturated heterocycles. The Morgan fingerprint density at radius 3 is 1.52 bits per heavy atom. The van der Waals surface area contributed by atoms with Gasteiger partial charge in [0, 0.05) is 12.1 Å². The van der Waals surface area contributed by atoms with E-state index in [1.54, 1.807) is 36.4 Å². The molecule has 0 N–H and O–H groups in total. The van der Waals surface area contributed by atoms with Gasteiger partial charge in [0.2, 0.25) is 0 Å². The second-order valence-electron chi connectivity index (χ2n) is 4.37. The predicted octanol–water partition coefficient (Wildman–Crippen LogP) is 4.16. The van der Waals surface area contributed by atoms with Crippen LogP contribution in [-0.4, -0.2) is 9.85 Å². The highest BCUT2D eigenvalue weighted by atomic mass is 16.6. The van der Waals surface area contributed by atoms with Crippen LogP contribution in [0, 0.1) is 20.2 Å². The molecule has 0 aromatic heterocycles. The van der Waals surface area contributed by atoms with E-state index in [1.807, 2.05) is 0 Å². The highest BCUT2D eigenvalue weighted by molar-refractivity contribution is 5.61. The summed E-state index contributed by atoms with van der Waals surface area (Å²) in [5, 5.41) is 21.7. The van der Waals surface area contributed by atoms with Gasteiger partial charge in [0.1, 0.15) is 0 Å². The lowest BCUT2D eigenvalue weighted by molar-refractivity contribution is -0.385. The zero-order valence-electron chi connectivity index (χ0n) is 11.9. The molecule has 2 rings (SSSR count). The van der Waals surface area contributed by atoms with Crippen molar-refractivity contribution in [3.05, 3.63) is 92.4 Å². The number of nitro benzene ring substituents is 2. The van der Waals surface area contributed by atoms with Gasteiger partial charge < -0.3 is 4.74 Å². The molecule has 0 spiro atoms. The lowest BCUT2D eigenvalue weighted by atomic mass is 10.2. The van der Waals surface area contributed by atoms with Crippen LogP contribution in [0.2, 0.25) is 0 Å². The summed E-state index contributed by atoms with van der Waals surface area (Å²) in [4.78, 5) is 20.7. The fourth-order valence-corrected chi connectivity index (χ4v) is 1.86. The van der Waals surface area contributed by atoms with Crippen molar-refractivity contribution in [2.24, 2.45) is 0 Å². The largest absolute Gasteiger partial charge is 0.473 e. The number of nitro groups is 2. The van der Waals surface area contributed by atoms with Gasteiger partial charge in [0.25, 0.3) is 11.4 Å². The number of rotatable bonds is 6. The van der Waals surface area contributed by atoms with Crippen LogP contribution in [-0.2, 0) is 4.74 Å².